The molecule has 144 valence electrons. The quantitative estimate of drug-likeness (QED) is 0.698. The number of nitrogens with one attached hydrogen (secondary N) is 1. The minimum atomic E-state index is -3.69. The number of carbonyl (C=O) groups is 1. The topological polar surface area (TPSA) is 66.5 Å². The zero-order chi connectivity index (χ0) is 19.6. The standard InChI is InChI=1S/C21H20N2O3S2/c24-21(23-11-10-16-5-1-2-6-18(16)15-23)17-7-3-9-20(13-17)28(25,26)22-14-19-8-4-12-27-19/h1-9,12-13,22H,10-11,14-15H2. The van der Waals surface area contributed by atoms with E-state index in [1.807, 2.05) is 35.7 Å². The van der Waals surface area contributed by atoms with Crippen LogP contribution in [0.2, 0.25) is 0 Å². The number of benzene rings is 2. The molecule has 0 unspecified atom stereocenters. The summed E-state index contributed by atoms with van der Waals surface area (Å²) in [5.74, 6) is -0.148. The van der Waals surface area contributed by atoms with Gasteiger partial charge in [-0.1, -0.05) is 36.4 Å². The van der Waals surface area contributed by atoms with E-state index in [4.69, 9.17) is 0 Å². The number of thiophene rings is 1. The molecule has 2 heterocycles. The number of fused-ring (bicyclic) bond motifs is 1. The molecule has 1 amide bonds. The van der Waals surface area contributed by atoms with Crippen LogP contribution in [0.3, 0.4) is 0 Å². The van der Waals surface area contributed by atoms with Gasteiger partial charge in [-0.2, -0.15) is 0 Å². The van der Waals surface area contributed by atoms with Gasteiger partial charge in [0, 0.05) is 30.1 Å². The van der Waals surface area contributed by atoms with Gasteiger partial charge in [0.25, 0.3) is 5.91 Å². The van der Waals surface area contributed by atoms with E-state index in [1.165, 1.54) is 29.0 Å². The molecule has 7 heteroatoms. The van der Waals surface area contributed by atoms with Crippen molar-refractivity contribution >= 4 is 27.3 Å². The van der Waals surface area contributed by atoms with E-state index in [0.29, 0.717) is 18.7 Å². The summed E-state index contributed by atoms with van der Waals surface area (Å²) in [4.78, 5) is 15.8. The Bertz CT molecular complexity index is 1090. The highest BCUT2D eigenvalue weighted by Gasteiger charge is 2.23. The lowest BCUT2D eigenvalue weighted by atomic mass is 9.99. The molecule has 4 rings (SSSR count). The molecular weight excluding hydrogens is 392 g/mol. The van der Waals surface area contributed by atoms with Crippen LogP contribution in [0.5, 0.6) is 0 Å². The first-order chi connectivity index (χ1) is 13.5. The molecule has 1 aromatic heterocycles. The van der Waals surface area contributed by atoms with Crippen LogP contribution in [0.15, 0.2) is 70.9 Å². The number of sulfonamides is 1. The number of hydrogen-bond donors (Lipinski definition) is 1. The van der Waals surface area contributed by atoms with Gasteiger partial charge in [0.2, 0.25) is 10.0 Å². The minimum Gasteiger partial charge on any atom is -0.334 e. The molecule has 0 aliphatic carbocycles. The van der Waals surface area contributed by atoms with Crippen LogP contribution >= 0.6 is 11.3 Å². The molecule has 0 saturated carbocycles. The molecule has 0 saturated heterocycles. The number of rotatable bonds is 5. The highest BCUT2D eigenvalue weighted by atomic mass is 32.2. The third kappa shape index (κ3) is 4.01. The summed E-state index contributed by atoms with van der Waals surface area (Å²) in [6.45, 7) is 1.41. The summed E-state index contributed by atoms with van der Waals surface area (Å²) in [6.07, 6.45) is 0.808. The normalized spacial score (nSPS) is 13.9. The Balaban J connectivity index is 1.51. The number of carbonyl (C=O) groups excluding carboxylic acids is 1. The molecule has 0 fully saturated rings. The van der Waals surface area contributed by atoms with Crippen molar-refractivity contribution in [2.45, 2.75) is 24.4 Å². The average Bonchev–Trinajstić information content (AvgIpc) is 3.25. The average molecular weight is 413 g/mol. The Labute approximate surface area is 168 Å². The first-order valence-corrected chi connectivity index (χ1v) is 11.4. The smallest absolute Gasteiger partial charge is 0.254 e. The van der Waals surface area contributed by atoms with Gasteiger partial charge in [-0.15, -0.1) is 11.3 Å². The molecule has 3 aromatic rings. The van der Waals surface area contributed by atoms with Crippen molar-refractivity contribution in [3.8, 4) is 0 Å². The molecule has 0 atom stereocenters. The van der Waals surface area contributed by atoms with Crippen molar-refractivity contribution in [1.29, 1.82) is 0 Å². The monoisotopic (exact) mass is 412 g/mol. The Morgan fingerprint density at radius 2 is 1.86 bits per heavy atom. The van der Waals surface area contributed by atoms with E-state index >= 15 is 0 Å². The van der Waals surface area contributed by atoms with Gasteiger partial charge < -0.3 is 4.90 Å². The third-order valence-corrected chi connectivity index (χ3v) is 7.10. The second-order valence-corrected chi connectivity index (χ2v) is 9.48. The minimum absolute atomic E-state index is 0.104. The molecule has 28 heavy (non-hydrogen) atoms. The first kappa shape index (κ1) is 18.9. The van der Waals surface area contributed by atoms with Crippen molar-refractivity contribution in [2.75, 3.05) is 6.54 Å². The van der Waals surface area contributed by atoms with Crippen molar-refractivity contribution in [3.05, 3.63) is 87.6 Å². The maximum atomic E-state index is 12.9. The predicted molar refractivity (Wildman–Crippen MR) is 110 cm³/mol. The lowest BCUT2D eigenvalue weighted by Gasteiger charge is -2.29. The summed E-state index contributed by atoms with van der Waals surface area (Å²) in [7, 11) is -3.69. The highest BCUT2D eigenvalue weighted by molar-refractivity contribution is 7.89. The van der Waals surface area contributed by atoms with Crippen LogP contribution in [0.1, 0.15) is 26.4 Å². The summed E-state index contributed by atoms with van der Waals surface area (Å²) >= 11 is 1.49. The van der Waals surface area contributed by atoms with Crippen LogP contribution in [-0.4, -0.2) is 25.8 Å². The second-order valence-electron chi connectivity index (χ2n) is 6.68. The van der Waals surface area contributed by atoms with Crippen molar-refractivity contribution in [3.63, 3.8) is 0 Å². The largest absolute Gasteiger partial charge is 0.334 e. The van der Waals surface area contributed by atoms with Gasteiger partial charge in [-0.05, 0) is 47.2 Å². The molecule has 2 aromatic carbocycles. The summed E-state index contributed by atoms with van der Waals surface area (Å²) in [5, 5.41) is 1.90. The van der Waals surface area contributed by atoms with Gasteiger partial charge >= 0.3 is 0 Å². The number of nitrogens with zero attached hydrogens (tertiary/aromatic N) is 1. The van der Waals surface area contributed by atoms with Gasteiger partial charge in [0.15, 0.2) is 0 Å². The van der Waals surface area contributed by atoms with Gasteiger partial charge in [0.1, 0.15) is 0 Å². The lowest BCUT2D eigenvalue weighted by molar-refractivity contribution is 0.0734. The summed E-state index contributed by atoms with van der Waals surface area (Å²) in [6, 6.07) is 18.1. The van der Waals surface area contributed by atoms with Crippen LogP contribution in [0.25, 0.3) is 0 Å². The first-order valence-electron chi connectivity index (χ1n) is 9.01. The predicted octanol–water partition coefficient (Wildman–Crippen LogP) is 3.43. The van der Waals surface area contributed by atoms with E-state index in [0.717, 1.165) is 16.9 Å². The van der Waals surface area contributed by atoms with Crippen molar-refractivity contribution in [2.24, 2.45) is 0 Å². The molecule has 1 aliphatic rings. The Hall–Kier alpha value is -2.48. The highest BCUT2D eigenvalue weighted by Crippen LogP contribution is 2.21. The van der Waals surface area contributed by atoms with Gasteiger partial charge in [-0.3, -0.25) is 4.79 Å². The maximum Gasteiger partial charge on any atom is 0.254 e. The van der Waals surface area contributed by atoms with Crippen molar-refractivity contribution in [1.82, 2.24) is 9.62 Å². The van der Waals surface area contributed by atoms with Crippen LogP contribution in [0, 0.1) is 0 Å². The maximum absolute atomic E-state index is 12.9. The molecule has 1 aliphatic heterocycles. The van der Waals surface area contributed by atoms with Gasteiger partial charge in [-0.25, -0.2) is 13.1 Å². The third-order valence-electron chi connectivity index (χ3n) is 4.83. The molecule has 0 radical (unpaired) electrons. The summed E-state index contributed by atoms with van der Waals surface area (Å²) in [5.41, 5.74) is 2.79. The van der Waals surface area contributed by atoms with E-state index in [2.05, 4.69) is 10.8 Å². The fourth-order valence-corrected chi connectivity index (χ4v) is 5.10. The fourth-order valence-electron chi connectivity index (χ4n) is 3.31. The van der Waals surface area contributed by atoms with Crippen LogP contribution < -0.4 is 4.72 Å². The Morgan fingerprint density at radius 1 is 1.04 bits per heavy atom. The second kappa shape index (κ2) is 7.87. The Kier molecular flexibility index (Phi) is 5.30. The van der Waals surface area contributed by atoms with Crippen molar-refractivity contribution < 1.29 is 13.2 Å². The molecule has 1 N–H and O–H groups in total. The van der Waals surface area contributed by atoms with E-state index in [-0.39, 0.29) is 17.3 Å². The van der Waals surface area contributed by atoms with E-state index in [1.54, 1.807) is 17.0 Å². The van der Waals surface area contributed by atoms with E-state index in [9.17, 15) is 13.2 Å². The lowest BCUT2D eigenvalue weighted by Crippen LogP contribution is -2.36. The van der Waals surface area contributed by atoms with Gasteiger partial charge in [0.05, 0.1) is 4.90 Å². The molecule has 0 bridgehead atoms. The van der Waals surface area contributed by atoms with E-state index < -0.39 is 10.0 Å². The zero-order valence-electron chi connectivity index (χ0n) is 15.2. The summed E-state index contributed by atoms with van der Waals surface area (Å²) < 4.78 is 27.8. The Morgan fingerprint density at radius 3 is 2.64 bits per heavy atom. The van der Waals surface area contributed by atoms with Crippen LogP contribution in [0.4, 0.5) is 0 Å². The fraction of sp³-hybridized carbons (Fsp3) is 0.190. The van der Waals surface area contributed by atoms with Crippen LogP contribution in [-0.2, 0) is 29.5 Å². The molecular formula is C21H20N2O3S2. The molecule has 0 spiro atoms. The molecule has 5 nitrogen and oxygen atoms in total. The number of hydrogen-bond acceptors (Lipinski definition) is 4. The SMILES string of the molecule is O=C(c1cccc(S(=O)(=O)NCc2cccs2)c1)N1CCc2ccccc2C1. The number of amides is 1. The zero-order valence-corrected chi connectivity index (χ0v) is 16.8.